The largest absolute Gasteiger partial charge is 0.481 e. The van der Waals surface area contributed by atoms with Crippen molar-refractivity contribution in [2.45, 2.75) is 19.4 Å². The van der Waals surface area contributed by atoms with Gasteiger partial charge < -0.3 is 14.4 Å². The zero-order valence-corrected chi connectivity index (χ0v) is 12.8. The molecular weight excluding hydrogens is 278 g/mol. The van der Waals surface area contributed by atoms with E-state index in [1.54, 1.807) is 0 Å². The highest BCUT2D eigenvalue weighted by Gasteiger charge is 2.23. The van der Waals surface area contributed by atoms with Crippen LogP contribution in [0, 0.1) is 0 Å². The van der Waals surface area contributed by atoms with Crippen LogP contribution in [-0.2, 0) is 9.53 Å². The molecule has 0 N–H and O–H groups in total. The van der Waals surface area contributed by atoms with Crippen molar-refractivity contribution in [3.8, 4) is 5.75 Å². The Morgan fingerprint density at radius 2 is 1.95 bits per heavy atom. The number of benzene rings is 2. The lowest BCUT2D eigenvalue weighted by atomic mass is 10.1. The number of carbonyl (C=O) groups is 1. The van der Waals surface area contributed by atoms with Gasteiger partial charge in [-0.25, -0.2) is 0 Å². The summed E-state index contributed by atoms with van der Waals surface area (Å²) in [5.74, 6) is 0.754. The third-order valence-electron chi connectivity index (χ3n) is 3.92. The van der Waals surface area contributed by atoms with E-state index in [2.05, 4.69) is 6.07 Å². The second-order valence-electron chi connectivity index (χ2n) is 5.56. The van der Waals surface area contributed by atoms with Crippen LogP contribution in [0.5, 0.6) is 5.75 Å². The van der Waals surface area contributed by atoms with Crippen LogP contribution < -0.4 is 4.74 Å². The van der Waals surface area contributed by atoms with Crippen molar-refractivity contribution >= 4 is 16.7 Å². The van der Waals surface area contributed by atoms with Gasteiger partial charge >= 0.3 is 0 Å². The Morgan fingerprint density at radius 3 is 2.82 bits per heavy atom. The average Bonchev–Trinajstić information content (AvgIpc) is 2.83. The number of nitrogens with zero attached hydrogens (tertiary/aromatic N) is 1. The van der Waals surface area contributed by atoms with Crippen molar-refractivity contribution in [3.63, 3.8) is 0 Å². The molecule has 0 aromatic heterocycles. The smallest absolute Gasteiger partial charge is 0.263 e. The van der Waals surface area contributed by atoms with Crippen LogP contribution in [0.25, 0.3) is 10.8 Å². The Balaban J connectivity index is 1.68. The molecule has 2 aromatic carbocycles. The lowest BCUT2D eigenvalue weighted by Gasteiger charge is -2.24. The standard InChI is InChI=1S/C18H21NO3/c1-14(18(20)19-9-4-11-21-12-10-19)22-17-8-7-15-5-2-3-6-16(15)13-17/h2-3,5-8,13-14H,4,9-12H2,1H3. The maximum atomic E-state index is 12.5. The summed E-state index contributed by atoms with van der Waals surface area (Å²) in [7, 11) is 0. The van der Waals surface area contributed by atoms with E-state index in [0.717, 1.165) is 30.7 Å². The molecule has 1 fully saturated rings. The minimum absolute atomic E-state index is 0.0265. The molecule has 0 spiro atoms. The molecule has 0 aliphatic carbocycles. The van der Waals surface area contributed by atoms with Gasteiger partial charge in [-0.05, 0) is 36.2 Å². The van der Waals surface area contributed by atoms with Gasteiger partial charge in [0.15, 0.2) is 6.10 Å². The summed E-state index contributed by atoms with van der Waals surface area (Å²) in [6.07, 6.45) is 0.397. The van der Waals surface area contributed by atoms with Gasteiger partial charge in [-0.2, -0.15) is 0 Å². The van der Waals surface area contributed by atoms with E-state index in [4.69, 9.17) is 9.47 Å². The lowest BCUT2D eigenvalue weighted by Crippen LogP contribution is -2.41. The number of amides is 1. The summed E-state index contributed by atoms with van der Waals surface area (Å²) in [5, 5.41) is 2.28. The van der Waals surface area contributed by atoms with E-state index in [1.165, 1.54) is 5.39 Å². The predicted octanol–water partition coefficient (Wildman–Crippen LogP) is 2.86. The van der Waals surface area contributed by atoms with Gasteiger partial charge in [0.05, 0.1) is 6.61 Å². The van der Waals surface area contributed by atoms with Crippen LogP contribution >= 0.6 is 0 Å². The Kier molecular flexibility index (Phi) is 4.59. The molecule has 0 bridgehead atoms. The number of carbonyl (C=O) groups excluding carboxylic acids is 1. The molecule has 2 aromatic rings. The highest BCUT2D eigenvalue weighted by Crippen LogP contribution is 2.21. The summed E-state index contributed by atoms with van der Waals surface area (Å²) >= 11 is 0. The topological polar surface area (TPSA) is 38.8 Å². The zero-order valence-electron chi connectivity index (χ0n) is 12.8. The minimum Gasteiger partial charge on any atom is -0.481 e. The van der Waals surface area contributed by atoms with Crippen molar-refractivity contribution in [2.75, 3.05) is 26.3 Å². The second-order valence-corrected chi connectivity index (χ2v) is 5.56. The van der Waals surface area contributed by atoms with Crippen molar-refractivity contribution in [3.05, 3.63) is 42.5 Å². The van der Waals surface area contributed by atoms with Gasteiger partial charge in [0.25, 0.3) is 5.91 Å². The summed E-state index contributed by atoms with van der Waals surface area (Å²) in [6.45, 7) is 4.52. The molecule has 1 amide bonds. The number of hydrogen-bond acceptors (Lipinski definition) is 3. The van der Waals surface area contributed by atoms with Crippen molar-refractivity contribution in [1.29, 1.82) is 0 Å². The van der Waals surface area contributed by atoms with Crippen molar-refractivity contribution < 1.29 is 14.3 Å². The van der Waals surface area contributed by atoms with Gasteiger partial charge in [-0.1, -0.05) is 30.3 Å². The van der Waals surface area contributed by atoms with Gasteiger partial charge in [0.2, 0.25) is 0 Å². The highest BCUT2D eigenvalue weighted by atomic mass is 16.5. The second kappa shape index (κ2) is 6.79. The van der Waals surface area contributed by atoms with Crippen LogP contribution in [-0.4, -0.2) is 43.2 Å². The van der Waals surface area contributed by atoms with E-state index < -0.39 is 6.10 Å². The third-order valence-corrected chi connectivity index (χ3v) is 3.92. The first-order chi connectivity index (χ1) is 10.7. The summed E-state index contributed by atoms with van der Waals surface area (Å²) in [4.78, 5) is 14.3. The number of ether oxygens (including phenoxy) is 2. The van der Waals surface area contributed by atoms with Gasteiger partial charge in [-0.15, -0.1) is 0 Å². The lowest BCUT2D eigenvalue weighted by molar-refractivity contribution is -0.138. The molecule has 1 atom stereocenters. The van der Waals surface area contributed by atoms with Crippen LogP contribution in [0.1, 0.15) is 13.3 Å². The first kappa shape index (κ1) is 14.9. The Morgan fingerprint density at radius 1 is 1.14 bits per heavy atom. The van der Waals surface area contributed by atoms with E-state index in [1.807, 2.05) is 48.2 Å². The molecule has 1 unspecified atom stereocenters. The minimum atomic E-state index is -0.487. The summed E-state index contributed by atoms with van der Waals surface area (Å²) in [5.41, 5.74) is 0. The molecule has 1 heterocycles. The van der Waals surface area contributed by atoms with E-state index >= 15 is 0 Å². The molecule has 116 valence electrons. The highest BCUT2D eigenvalue weighted by molar-refractivity contribution is 5.84. The SMILES string of the molecule is CC(Oc1ccc2ccccc2c1)C(=O)N1CCCOCC1. The summed E-state index contributed by atoms with van der Waals surface area (Å²) in [6, 6.07) is 14.0. The van der Waals surface area contributed by atoms with Crippen molar-refractivity contribution in [2.24, 2.45) is 0 Å². The molecule has 0 radical (unpaired) electrons. The average molecular weight is 299 g/mol. The third kappa shape index (κ3) is 3.39. The summed E-state index contributed by atoms with van der Waals surface area (Å²) < 4.78 is 11.2. The van der Waals surface area contributed by atoms with Crippen LogP contribution in [0.4, 0.5) is 0 Å². The quantitative estimate of drug-likeness (QED) is 0.875. The number of fused-ring (bicyclic) bond motifs is 1. The van der Waals surface area contributed by atoms with E-state index in [0.29, 0.717) is 13.2 Å². The molecular formula is C18H21NO3. The Bertz CT molecular complexity index is 648. The van der Waals surface area contributed by atoms with Gasteiger partial charge in [0, 0.05) is 19.7 Å². The first-order valence-corrected chi connectivity index (χ1v) is 7.76. The molecule has 1 aliphatic rings. The van der Waals surface area contributed by atoms with Gasteiger partial charge in [-0.3, -0.25) is 4.79 Å². The fourth-order valence-electron chi connectivity index (χ4n) is 2.72. The zero-order chi connectivity index (χ0) is 15.4. The monoisotopic (exact) mass is 299 g/mol. The fraction of sp³-hybridized carbons (Fsp3) is 0.389. The molecule has 1 aliphatic heterocycles. The normalized spacial score (nSPS) is 17.0. The molecule has 4 nitrogen and oxygen atoms in total. The van der Waals surface area contributed by atoms with Crippen LogP contribution in [0.15, 0.2) is 42.5 Å². The number of hydrogen-bond donors (Lipinski definition) is 0. The molecule has 0 saturated carbocycles. The molecule has 1 saturated heterocycles. The fourth-order valence-corrected chi connectivity index (χ4v) is 2.72. The predicted molar refractivity (Wildman–Crippen MR) is 86.1 cm³/mol. The Hall–Kier alpha value is -2.07. The maximum Gasteiger partial charge on any atom is 0.263 e. The van der Waals surface area contributed by atoms with E-state index in [-0.39, 0.29) is 5.91 Å². The first-order valence-electron chi connectivity index (χ1n) is 7.76. The molecule has 3 rings (SSSR count). The maximum absolute atomic E-state index is 12.5. The number of rotatable bonds is 3. The van der Waals surface area contributed by atoms with E-state index in [9.17, 15) is 4.79 Å². The van der Waals surface area contributed by atoms with Crippen LogP contribution in [0.2, 0.25) is 0 Å². The van der Waals surface area contributed by atoms with Crippen molar-refractivity contribution in [1.82, 2.24) is 4.90 Å². The molecule has 22 heavy (non-hydrogen) atoms. The van der Waals surface area contributed by atoms with Crippen LogP contribution in [0.3, 0.4) is 0 Å². The van der Waals surface area contributed by atoms with Gasteiger partial charge in [0.1, 0.15) is 5.75 Å². The molecule has 4 heteroatoms. The Labute approximate surface area is 130 Å².